The lowest BCUT2D eigenvalue weighted by atomic mass is 10.2. The predicted octanol–water partition coefficient (Wildman–Crippen LogP) is 3.23. The Balaban J connectivity index is 3.20. The standard InChI is InChI=1S/C9H9Cl2NS/c1-12(2)9(13)8-6(10)4-3-5-7(8)11/h3-5H,1-2H3. The van der Waals surface area contributed by atoms with Crippen LogP contribution in [0.15, 0.2) is 18.2 Å². The maximum absolute atomic E-state index is 5.97. The number of hydrogen-bond acceptors (Lipinski definition) is 1. The zero-order valence-electron chi connectivity index (χ0n) is 7.34. The van der Waals surface area contributed by atoms with Gasteiger partial charge in [0.2, 0.25) is 0 Å². The van der Waals surface area contributed by atoms with Crippen LogP contribution in [0.25, 0.3) is 0 Å². The molecule has 1 rings (SSSR count). The molecule has 0 aliphatic rings. The Hall–Kier alpha value is -0.310. The fourth-order valence-corrected chi connectivity index (χ4v) is 1.83. The van der Waals surface area contributed by atoms with Crippen LogP contribution >= 0.6 is 35.4 Å². The van der Waals surface area contributed by atoms with E-state index in [0.717, 1.165) is 5.56 Å². The van der Waals surface area contributed by atoms with Crippen LogP contribution in [0.1, 0.15) is 5.56 Å². The summed E-state index contributed by atoms with van der Waals surface area (Å²) < 4.78 is 0. The van der Waals surface area contributed by atoms with Crippen LogP contribution in [0.3, 0.4) is 0 Å². The molecule has 1 nitrogen and oxygen atoms in total. The average Bonchev–Trinajstić information content (AvgIpc) is 2.03. The first kappa shape index (κ1) is 10.8. The van der Waals surface area contributed by atoms with Gasteiger partial charge in [-0.15, -0.1) is 0 Å². The molecule has 0 atom stereocenters. The molecular formula is C9H9Cl2NS. The smallest absolute Gasteiger partial charge is 0.111 e. The fraction of sp³-hybridized carbons (Fsp3) is 0.222. The van der Waals surface area contributed by atoms with E-state index in [1.54, 1.807) is 18.2 Å². The molecular weight excluding hydrogens is 225 g/mol. The number of rotatable bonds is 1. The number of benzene rings is 1. The van der Waals surface area contributed by atoms with Crippen LogP contribution in [0, 0.1) is 0 Å². The molecule has 0 aliphatic carbocycles. The molecule has 0 aromatic heterocycles. The Bertz CT molecular complexity index is 316. The zero-order chi connectivity index (χ0) is 10.0. The zero-order valence-corrected chi connectivity index (χ0v) is 9.67. The van der Waals surface area contributed by atoms with Crippen LogP contribution in [-0.2, 0) is 0 Å². The maximum atomic E-state index is 5.97. The monoisotopic (exact) mass is 233 g/mol. The van der Waals surface area contributed by atoms with Crippen molar-refractivity contribution in [1.29, 1.82) is 0 Å². The number of thiocarbonyl (C=S) groups is 1. The maximum Gasteiger partial charge on any atom is 0.111 e. The number of nitrogens with zero attached hydrogens (tertiary/aromatic N) is 1. The minimum atomic E-state index is 0.589. The van der Waals surface area contributed by atoms with Crippen LogP contribution < -0.4 is 0 Å². The van der Waals surface area contributed by atoms with Crippen molar-refractivity contribution in [3.63, 3.8) is 0 Å². The van der Waals surface area contributed by atoms with E-state index in [-0.39, 0.29) is 0 Å². The average molecular weight is 234 g/mol. The van der Waals surface area contributed by atoms with Gasteiger partial charge >= 0.3 is 0 Å². The normalized spacial score (nSPS) is 9.85. The third-order valence-corrected chi connectivity index (χ3v) is 2.78. The highest BCUT2D eigenvalue weighted by molar-refractivity contribution is 7.80. The molecule has 0 saturated heterocycles. The van der Waals surface area contributed by atoms with Crippen molar-refractivity contribution in [2.45, 2.75) is 0 Å². The molecule has 0 bridgehead atoms. The van der Waals surface area contributed by atoms with Gasteiger partial charge in [0.1, 0.15) is 4.99 Å². The van der Waals surface area contributed by atoms with Crippen LogP contribution in [0.5, 0.6) is 0 Å². The van der Waals surface area contributed by atoms with Crippen molar-refractivity contribution in [2.75, 3.05) is 14.1 Å². The van der Waals surface area contributed by atoms with Gasteiger partial charge in [-0.1, -0.05) is 41.5 Å². The summed E-state index contributed by atoms with van der Waals surface area (Å²) in [4.78, 5) is 2.46. The van der Waals surface area contributed by atoms with Gasteiger partial charge < -0.3 is 4.90 Å². The summed E-state index contributed by atoms with van der Waals surface area (Å²) in [5.41, 5.74) is 0.728. The summed E-state index contributed by atoms with van der Waals surface area (Å²) in [5.74, 6) is 0. The molecule has 0 unspecified atom stereocenters. The SMILES string of the molecule is CN(C)C(=S)c1c(Cl)cccc1Cl. The van der Waals surface area contributed by atoms with E-state index in [1.807, 2.05) is 19.0 Å². The number of halogens is 2. The molecule has 4 heteroatoms. The molecule has 13 heavy (non-hydrogen) atoms. The van der Waals surface area contributed by atoms with E-state index in [2.05, 4.69) is 0 Å². The van der Waals surface area contributed by atoms with Gasteiger partial charge in [0.05, 0.1) is 10.0 Å². The van der Waals surface area contributed by atoms with Crippen LogP contribution in [0.2, 0.25) is 10.0 Å². The lowest BCUT2D eigenvalue weighted by Gasteiger charge is -2.15. The summed E-state index contributed by atoms with van der Waals surface area (Å²) in [6, 6.07) is 5.35. The highest BCUT2D eigenvalue weighted by Crippen LogP contribution is 2.25. The van der Waals surface area contributed by atoms with E-state index < -0.39 is 0 Å². The van der Waals surface area contributed by atoms with Crippen LogP contribution in [0.4, 0.5) is 0 Å². The van der Waals surface area contributed by atoms with Gasteiger partial charge in [0.25, 0.3) is 0 Å². The summed E-state index contributed by atoms with van der Waals surface area (Å²) in [7, 11) is 3.73. The van der Waals surface area contributed by atoms with Gasteiger partial charge in [-0.05, 0) is 12.1 Å². The third kappa shape index (κ3) is 2.33. The Morgan fingerprint density at radius 3 is 2.08 bits per heavy atom. The van der Waals surface area contributed by atoms with Crippen molar-refractivity contribution >= 4 is 40.4 Å². The molecule has 0 N–H and O–H groups in total. The lowest BCUT2D eigenvalue weighted by Crippen LogP contribution is -2.21. The molecule has 0 heterocycles. The first-order valence-electron chi connectivity index (χ1n) is 3.69. The lowest BCUT2D eigenvalue weighted by molar-refractivity contribution is 0.637. The van der Waals surface area contributed by atoms with E-state index in [4.69, 9.17) is 35.4 Å². The Morgan fingerprint density at radius 2 is 1.69 bits per heavy atom. The Kier molecular flexibility index (Phi) is 3.54. The highest BCUT2D eigenvalue weighted by atomic mass is 35.5. The molecule has 0 fully saturated rings. The minimum absolute atomic E-state index is 0.589. The van der Waals surface area contributed by atoms with Crippen molar-refractivity contribution in [1.82, 2.24) is 4.90 Å². The van der Waals surface area contributed by atoms with E-state index in [0.29, 0.717) is 15.0 Å². The highest BCUT2D eigenvalue weighted by Gasteiger charge is 2.11. The summed E-state index contributed by atoms with van der Waals surface area (Å²) in [6.07, 6.45) is 0. The van der Waals surface area contributed by atoms with E-state index >= 15 is 0 Å². The summed E-state index contributed by atoms with van der Waals surface area (Å²) >= 11 is 17.1. The molecule has 1 aromatic carbocycles. The van der Waals surface area contributed by atoms with Crippen molar-refractivity contribution in [3.05, 3.63) is 33.8 Å². The van der Waals surface area contributed by atoms with Gasteiger partial charge in [-0.2, -0.15) is 0 Å². The molecule has 0 aliphatic heterocycles. The second-order valence-electron chi connectivity index (χ2n) is 2.80. The summed E-state index contributed by atoms with van der Waals surface area (Å²) in [6.45, 7) is 0. The van der Waals surface area contributed by atoms with Gasteiger partial charge in [0, 0.05) is 19.7 Å². The van der Waals surface area contributed by atoms with Gasteiger partial charge in [-0.3, -0.25) is 0 Å². The first-order chi connectivity index (χ1) is 6.04. The minimum Gasteiger partial charge on any atom is -0.368 e. The topological polar surface area (TPSA) is 3.24 Å². The van der Waals surface area contributed by atoms with Crippen LogP contribution in [-0.4, -0.2) is 24.0 Å². The Labute approximate surface area is 93.3 Å². The van der Waals surface area contributed by atoms with Crippen molar-refractivity contribution in [3.8, 4) is 0 Å². The number of hydrogen-bond donors (Lipinski definition) is 0. The molecule has 0 radical (unpaired) electrons. The molecule has 0 spiro atoms. The molecule has 1 aromatic rings. The quantitative estimate of drug-likeness (QED) is 0.686. The second kappa shape index (κ2) is 4.27. The molecule has 0 amide bonds. The van der Waals surface area contributed by atoms with Crippen molar-refractivity contribution in [2.24, 2.45) is 0 Å². The van der Waals surface area contributed by atoms with Gasteiger partial charge in [0.15, 0.2) is 0 Å². The summed E-state index contributed by atoms with van der Waals surface area (Å²) in [5, 5.41) is 1.18. The van der Waals surface area contributed by atoms with E-state index in [9.17, 15) is 0 Å². The second-order valence-corrected chi connectivity index (χ2v) is 4.00. The molecule has 0 saturated carbocycles. The van der Waals surface area contributed by atoms with E-state index in [1.165, 1.54) is 0 Å². The first-order valence-corrected chi connectivity index (χ1v) is 4.86. The largest absolute Gasteiger partial charge is 0.368 e. The third-order valence-electron chi connectivity index (χ3n) is 1.58. The van der Waals surface area contributed by atoms with Crippen molar-refractivity contribution < 1.29 is 0 Å². The predicted molar refractivity (Wildman–Crippen MR) is 61.8 cm³/mol. The van der Waals surface area contributed by atoms with Gasteiger partial charge in [-0.25, -0.2) is 0 Å². The molecule has 70 valence electrons. The fourth-order valence-electron chi connectivity index (χ4n) is 0.926. The Morgan fingerprint density at radius 1 is 1.23 bits per heavy atom.